The number of esters is 1. The third-order valence-corrected chi connectivity index (χ3v) is 4.49. The molecule has 0 spiro atoms. The van der Waals surface area contributed by atoms with E-state index < -0.39 is 12.1 Å². The molecule has 3 aromatic rings. The van der Waals surface area contributed by atoms with Crippen LogP contribution in [0.3, 0.4) is 0 Å². The Morgan fingerprint density at radius 1 is 0.786 bits per heavy atom. The second-order valence-corrected chi connectivity index (χ2v) is 6.57. The summed E-state index contributed by atoms with van der Waals surface area (Å²) in [5, 5.41) is 2.75. The summed E-state index contributed by atoms with van der Waals surface area (Å²) in [5.74, 6) is -0.886. The van der Waals surface area contributed by atoms with Crippen molar-refractivity contribution in [3.05, 3.63) is 102 Å². The summed E-state index contributed by atoms with van der Waals surface area (Å²) >= 11 is 0. The molecule has 3 aromatic carbocycles. The van der Waals surface area contributed by atoms with Crippen molar-refractivity contribution in [3.8, 4) is 0 Å². The molecule has 0 aliphatic heterocycles. The third kappa shape index (κ3) is 5.30. The van der Waals surface area contributed by atoms with Crippen molar-refractivity contribution >= 4 is 17.6 Å². The number of para-hydroxylation sites is 1. The van der Waals surface area contributed by atoms with E-state index in [0.717, 1.165) is 11.1 Å². The summed E-state index contributed by atoms with van der Waals surface area (Å²) in [6.07, 6.45) is -0.711. The fourth-order valence-electron chi connectivity index (χ4n) is 3.03. The first-order valence-corrected chi connectivity index (χ1v) is 9.29. The van der Waals surface area contributed by atoms with Crippen LogP contribution in [0, 0.1) is 0 Å². The number of amides is 1. The predicted octanol–water partition coefficient (Wildman–Crippen LogP) is 4.78. The standard InChI is InChI=1S/C24H23NO3/c1-18(24(27)25-21-15-9-4-10-16-21)28-23(26)17-22(19-11-5-2-6-12-19)20-13-7-3-8-14-20/h2-16,18,22H,17H2,1H3,(H,25,27). The lowest BCUT2D eigenvalue weighted by atomic mass is 9.88. The van der Waals surface area contributed by atoms with Crippen LogP contribution in [-0.4, -0.2) is 18.0 Å². The van der Waals surface area contributed by atoms with E-state index in [4.69, 9.17) is 4.74 Å². The third-order valence-electron chi connectivity index (χ3n) is 4.49. The molecule has 1 unspecified atom stereocenters. The molecular formula is C24H23NO3. The van der Waals surface area contributed by atoms with Gasteiger partial charge < -0.3 is 10.1 Å². The lowest BCUT2D eigenvalue weighted by Gasteiger charge is -2.19. The van der Waals surface area contributed by atoms with Crippen molar-refractivity contribution in [2.24, 2.45) is 0 Å². The molecule has 0 radical (unpaired) electrons. The highest BCUT2D eigenvalue weighted by molar-refractivity contribution is 5.95. The summed E-state index contributed by atoms with van der Waals surface area (Å²) in [4.78, 5) is 24.9. The molecule has 28 heavy (non-hydrogen) atoms. The van der Waals surface area contributed by atoms with Crippen LogP contribution >= 0.6 is 0 Å². The molecule has 1 N–H and O–H groups in total. The molecule has 0 aliphatic rings. The normalized spacial score (nSPS) is 11.6. The number of carbonyl (C=O) groups is 2. The number of rotatable bonds is 7. The van der Waals surface area contributed by atoms with Gasteiger partial charge in [-0.1, -0.05) is 78.9 Å². The number of ether oxygens (including phenoxy) is 1. The summed E-state index contributed by atoms with van der Waals surface area (Å²) in [5.41, 5.74) is 2.74. The maximum Gasteiger partial charge on any atom is 0.307 e. The fraction of sp³-hybridized carbons (Fsp3) is 0.167. The highest BCUT2D eigenvalue weighted by Crippen LogP contribution is 2.28. The lowest BCUT2D eigenvalue weighted by Crippen LogP contribution is -2.30. The number of anilines is 1. The topological polar surface area (TPSA) is 55.4 Å². The van der Waals surface area contributed by atoms with Gasteiger partial charge in [0.2, 0.25) is 0 Å². The van der Waals surface area contributed by atoms with Gasteiger partial charge in [0.05, 0.1) is 6.42 Å². The van der Waals surface area contributed by atoms with Crippen LogP contribution in [0.5, 0.6) is 0 Å². The zero-order chi connectivity index (χ0) is 19.8. The van der Waals surface area contributed by atoms with Gasteiger partial charge in [-0.15, -0.1) is 0 Å². The summed E-state index contributed by atoms with van der Waals surface area (Å²) in [7, 11) is 0. The second-order valence-electron chi connectivity index (χ2n) is 6.57. The van der Waals surface area contributed by atoms with E-state index in [1.807, 2.05) is 78.9 Å². The Kier molecular flexibility index (Phi) is 6.58. The van der Waals surface area contributed by atoms with Crippen LogP contribution in [0.2, 0.25) is 0 Å². The first kappa shape index (κ1) is 19.4. The Hall–Kier alpha value is -3.40. The lowest BCUT2D eigenvalue weighted by molar-refractivity contribution is -0.153. The van der Waals surface area contributed by atoms with E-state index in [1.165, 1.54) is 0 Å². The first-order chi connectivity index (χ1) is 13.6. The van der Waals surface area contributed by atoms with Crippen molar-refractivity contribution in [1.29, 1.82) is 0 Å². The molecule has 4 heteroatoms. The van der Waals surface area contributed by atoms with Gasteiger partial charge in [-0.2, -0.15) is 0 Å². The van der Waals surface area contributed by atoms with E-state index in [9.17, 15) is 9.59 Å². The summed E-state index contributed by atoms with van der Waals surface area (Å²) < 4.78 is 5.41. The largest absolute Gasteiger partial charge is 0.453 e. The van der Waals surface area contributed by atoms with Crippen LogP contribution in [0.25, 0.3) is 0 Å². The van der Waals surface area contributed by atoms with Crippen molar-refractivity contribution < 1.29 is 14.3 Å². The van der Waals surface area contributed by atoms with Gasteiger partial charge in [0.15, 0.2) is 6.10 Å². The quantitative estimate of drug-likeness (QED) is 0.607. The fourth-order valence-corrected chi connectivity index (χ4v) is 3.03. The zero-order valence-corrected chi connectivity index (χ0v) is 15.7. The van der Waals surface area contributed by atoms with E-state index in [-0.39, 0.29) is 18.2 Å². The van der Waals surface area contributed by atoms with Gasteiger partial charge >= 0.3 is 5.97 Å². The van der Waals surface area contributed by atoms with E-state index in [0.29, 0.717) is 5.69 Å². The van der Waals surface area contributed by atoms with Gasteiger partial charge in [0.25, 0.3) is 5.91 Å². The first-order valence-electron chi connectivity index (χ1n) is 9.29. The second kappa shape index (κ2) is 9.51. The Balaban J connectivity index is 1.66. The molecule has 142 valence electrons. The molecule has 0 saturated heterocycles. The van der Waals surface area contributed by atoms with Crippen molar-refractivity contribution in [1.82, 2.24) is 0 Å². The Morgan fingerprint density at radius 3 is 1.75 bits per heavy atom. The summed E-state index contributed by atoms with van der Waals surface area (Å²) in [6, 6.07) is 28.8. The van der Waals surface area contributed by atoms with Crippen LogP contribution in [-0.2, 0) is 14.3 Å². The van der Waals surface area contributed by atoms with Crippen LogP contribution in [0.4, 0.5) is 5.69 Å². The van der Waals surface area contributed by atoms with Crippen molar-refractivity contribution in [2.75, 3.05) is 5.32 Å². The van der Waals surface area contributed by atoms with Gasteiger partial charge in [0, 0.05) is 11.6 Å². The van der Waals surface area contributed by atoms with Gasteiger partial charge in [-0.05, 0) is 30.2 Å². The van der Waals surface area contributed by atoms with E-state index >= 15 is 0 Å². The zero-order valence-electron chi connectivity index (χ0n) is 15.7. The molecule has 0 saturated carbocycles. The SMILES string of the molecule is CC(OC(=O)CC(c1ccccc1)c1ccccc1)C(=O)Nc1ccccc1. The molecule has 1 atom stereocenters. The van der Waals surface area contributed by atoms with Gasteiger partial charge in [0.1, 0.15) is 0 Å². The van der Waals surface area contributed by atoms with Crippen molar-refractivity contribution in [2.45, 2.75) is 25.4 Å². The average Bonchev–Trinajstić information content (AvgIpc) is 2.74. The van der Waals surface area contributed by atoms with Crippen LogP contribution in [0.1, 0.15) is 30.4 Å². The molecule has 0 aliphatic carbocycles. The Labute approximate surface area is 165 Å². The molecule has 4 nitrogen and oxygen atoms in total. The van der Waals surface area contributed by atoms with Crippen molar-refractivity contribution in [3.63, 3.8) is 0 Å². The van der Waals surface area contributed by atoms with E-state index in [1.54, 1.807) is 19.1 Å². The highest BCUT2D eigenvalue weighted by Gasteiger charge is 2.23. The van der Waals surface area contributed by atoms with Crippen LogP contribution < -0.4 is 5.32 Å². The minimum Gasteiger partial charge on any atom is -0.453 e. The Bertz CT molecular complexity index is 855. The minimum absolute atomic E-state index is 0.126. The minimum atomic E-state index is -0.875. The molecule has 0 aromatic heterocycles. The number of nitrogens with one attached hydrogen (secondary N) is 1. The molecule has 0 bridgehead atoms. The molecular weight excluding hydrogens is 350 g/mol. The van der Waals surface area contributed by atoms with Gasteiger partial charge in [-0.3, -0.25) is 9.59 Å². The average molecular weight is 373 g/mol. The highest BCUT2D eigenvalue weighted by atomic mass is 16.5. The van der Waals surface area contributed by atoms with E-state index in [2.05, 4.69) is 5.32 Å². The predicted molar refractivity (Wildman–Crippen MR) is 110 cm³/mol. The number of benzene rings is 3. The van der Waals surface area contributed by atoms with Crippen LogP contribution in [0.15, 0.2) is 91.0 Å². The molecule has 0 fully saturated rings. The maximum atomic E-state index is 12.6. The Morgan fingerprint density at radius 2 is 1.25 bits per heavy atom. The number of hydrogen-bond donors (Lipinski definition) is 1. The maximum absolute atomic E-state index is 12.6. The number of carbonyl (C=O) groups excluding carboxylic acids is 2. The monoisotopic (exact) mass is 373 g/mol. The van der Waals surface area contributed by atoms with Gasteiger partial charge in [-0.25, -0.2) is 0 Å². The molecule has 1 amide bonds. The number of hydrogen-bond acceptors (Lipinski definition) is 3. The molecule has 0 heterocycles. The molecule has 3 rings (SSSR count). The smallest absolute Gasteiger partial charge is 0.307 e. The summed E-state index contributed by atoms with van der Waals surface area (Å²) in [6.45, 7) is 1.58.